The summed E-state index contributed by atoms with van der Waals surface area (Å²) >= 11 is 0. The van der Waals surface area contributed by atoms with Crippen LogP contribution in [0.1, 0.15) is 16.7 Å². The van der Waals surface area contributed by atoms with Crippen LogP contribution in [-0.4, -0.2) is 33.8 Å². The van der Waals surface area contributed by atoms with Gasteiger partial charge in [-0.1, -0.05) is 259 Å². The van der Waals surface area contributed by atoms with Crippen LogP contribution >= 0.6 is 0 Å². The maximum Gasteiger partial charge on any atom is 0.246 e. The average molecular weight is 1030 g/mol. The van der Waals surface area contributed by atoms with Crippen LogP contribution in [0.15, 0.2) is 273 Å². The highest BCUT2D eigenvalue weighted by Gasteiger charge is 2.36. The van der Waals surface area contributed by atoms with Gasteiger partial charge < -0.3 is 13.7 Å². The summed E-state index contributed by atoms with van der Waals surface area (Å²) in [4.78, 5) is 0. The molecule has 6 heterocycles. The van der Waals surface area contributed by atoms with Crippen molar-refractivity contribution in [1.29, 1.82) is 0 Å². The Morgan fingerprint density at radius 3 is 1.10 bits per heavy atom. The van der Waals surface area contributed by atoms with Crippen LogP contribution in [0, 0.1) is 20.8 Å². The number of hydrogen-bond acceptors (Lipinski definition) is 0. The molecule has 0 N–H and O–H groups in total. The highest BCUT2D eigenvalue weighted by Crippen LogP contribution is 2.37. The van der Waals surface area contributed by atoms with Gasteiger partial charge in [0.2, 0.25) is 20.1 Å². The van der Waals surface area contributed by atoms with Crippen LogP contribution in [0.2, 0.25) is 0 Å². The van der Waals surface area contributed by atoms with Gasteiger partial charge in [-0.3, -0.25) is 0 Å². The molecule has 0 saturated heterocycles. The fourth-order valence-corrected chi connectivity index (χ4v) is 14.5. The normalized spacial score (nSPS) is 12.6. The van der Waals surface area contributed by atoms with Crippen LogP contribution in [0.4, 0.5) is 0 Å². The molecule has 0 aliphatic carbocycles. The Hall–Kier alpha value is -9.77. The Morgan fingerprint density at radius 1 is 0.235 bits per heavy atom. The Kier molecular flexibility index (Phi) is 10.9. The maximum absolute atomic E-state index is 2.49. The van der Waals surface area contributed by atoms with Crippen molar-refractivity contribution in [3.8, 4) is 17.1 Å². The molecule has 3 aliphatic rings. The number of aromatic nitrogens is 3. The second-order valence-corrected chi connectivity index (χ2v) is 22.5. The van der Waals surface area contributed by atoms with E-state index in [1.54, 1.807) is 0 Å². The highest BCUT2D eigenvalue weighted by atomic mass is 15.0. The number of benzene rings is 12. The van der Waals surface area contributed by atoms with Gasteiger partial charge >= 0.3 is 0 Å². The van der Waals surface area contributed by atoms with E-state index in [-0.39, 0.29) is 20.1 Å². The molecule has 0 radical (unpaired) electrons. The van der Waals surface area contributed by atoms with Crippen molar-refractivity contribution in [3.63, 3.8) is 0 Å². The molecule has 0 spiro atoms. The summed E-state index contributed by atoms with van der Waals surface area (Å²) in [5.41, 5.74) is 28.2. The predicted molar refractivity (Wildman–Crippen MR) is 350 cm³/mol. The van der Waals surface area contributed by atoms with E-state index in [2.05, 4.69) is 307 Å². The first kappa shape index (κ1) is 47.3. The summed E-state index contributed by atoms with van der Waals surface area (Å²) in [6.07, 6.45) is 0. The Morgan fingerprint density at radius 2 is 0.593 bits per heavy atom. The standard InChI is InChI=1S/3C25H18BN/c1-17-9-7-12-19-20-13-8-15-22-25(20)27(24(17)19)23-16-6-5-14-21(23)26(22)18-10-3-2-4-11-18;1-17-14-15-19-20-10-7-12-22-25(20)27(24(19)16-17)23-13-6-5-11-21(23)26(22)18-8-3-2-4-9-18;1-17-14-15-23-20(16-17)19-10-7-12-22-25(19)27(23)24-13-6-5-11-21(24)26(22)18-8-3-2-4-9-18/h3*2-16H,1H3. The largest absolute Gasteiger partial charge is 0.310 e. The van der Waals surface area contributed by atoms with Crippen molar-refractivity contribution in [2.24, 2.45) is 0 Å². The first-order valence-corrected chi connectivity index (χ1v) is 28.5. The summed E-state index contributed by atoms with van der Waals surface area (Å²) in [7, 11) is 0. The lowest BCUT2D eigenvalue weighted by molar-refractivity contribution is 1.18. The quantitative estimate of drug-likeness (QED) is 0.157. The predicted octanol–water partition coefficient (Wildman–Crippen LogP) is 11.8. The van der Waals surface area contributed by atoms with E-state index in [4.69, 9.17) is 0 Å². The third kappa shape index (κ3) is 7.19. The number of aryl methyl sites for hydroxylation is 3. The zero-order valence-corrected chi connectivity index (χ0v) is 45.6. The number of para-hydroxylation sites is 7. The van der Waals surface area contributed by atoms with E-state index >= 15 is 0 Å². The first-order chi connectivity index (χ1) is 40.0. The summed E-state index contributed by atoms with van der Waals surface area (Å²) in [5, 5.41) is 8.06. The first-order valence-electron chi connectivity index (χ1n) is 28.5. The zero-order chi connectivity index (χ0) is 53.9. The molecule has 378 valence electrons. The minimum Gasteiger partial charge on any atom is -0.310 e. The topological polar surface area (TPSA) is 14.8 Å². The summed E-state index contributed by atoms with van der Waals surface area (Å²) < 4.78 is 7.43. The smallest absolute Gasteiger partial charge is 0.246 e. The third-order valence-corrected chi connectivity index (χ3v) is 17.8. The van der Waals surface area contributed by atoms with E-state index in [0.717, 1.165) is 0 Å². The van der Waals surface area contributed by atoms with Crippen molar-refractivity contribution in [3.05, 3.63) is 290 Å². The molecular weight excluding hydrogens is 975 g/mol. The summed E-state index contributed by atoms with van der Waals surface area (Å²) in [6.45, 7) is 7.37. The second kappa shape index (κ2) is 18.7. The second-order valence-electron chi connectivity index (χ2n) is 22.5. The lowest BCUT2D eigenvalue weighted by Crippen LogP contribution is -2.55. The van der Waals surface area contributed by atoms with Gasteiger partial charge in [0.1, 0.15) is 0 Å². The number of hydrogen-bond donors (Lipinski definition) is 0. The third-order valence-electron chi connectivity index (χ3n) is 17.8. The van der Waals surface area contributed by atoms with E-state index in [9.17, 15) is 0 Å². The molecular formula is C75H54B3N3. The van der Waals surface area contributed by atoms with Gasteiger partial charge in [-0.2, -0.15) is 0 Å². The van der Waals surface area contributed by atoms with Crippen LogP contribution < -0.4 is 49.2 Å². The fourth-order valence-electron chi connectivity index (χ4n) is 14.5. The number of nitrogens with zero attached hydrogens (tertiary/aromatic N) is 3. The average Bonchev–Trinajstić information content (AvgIpc) is 2.72. The van der Waals surface area contributed by atoms with Gasteiger partial charge in [0, 0.05) is 65.9 Å². The van der Waals surface area contributed by atoms with Gasteiger partial charge in [-0.15, -0.1) is 0 Å². The van der Waals surface area contributed by atoms with Crippen molar-refractivity contribution in [2.45, 2.75) is 20.8 Å². The maximum atomic E-state index is 2.49. The van der Waals surface area contributed by atoms with Crippen LogP contribution in [0.5, 0.6) is 0 Å². The molecule has 3 aliphatic heterocycles. The highest BCUT2D eigenvalue weighted by molar-refractivity contribution is 6.99. The molecule has 0 amide bonds. The summed E-state index contributed by atoms with van der Waals surface area (Å²) in [5.74, 6) is 0. The van der Waals surface area contributed by atoms with Gasteiger partial charge in [0.05, 0.1) is 16.6 Å². The van der Waals surface area contributed by atoms with Crippen LogP contribution in [-0.2, 0) is 0 Å². The molecule has 0 saturated carbocycles. The van der Waals surface area contributed by atoms with Gasteiger partial charge in [-0.25, -0.2) is 0 Å². The lowest BCUT2D eigenvalue weighted by Gasteiger charge is -2.27. The molecule has 81 heavy (non-hydrogen) atoms. The Labute approximate surface area is 473 Å². The summed E-state index contributed by atoms with van der Waals surface area (Å²) in [6, 6.07) is 99.9. The van der Waals surface area contributed by atoms with Crippen molar-refractivity contribution in [2.75, 3.05) is 0 Å². The molecule has 15 aromatic rings. The van der Waals surface area contributed by atoms with E-state index in [1.807, 2.05) is 0 Å². The molecule has 0 atom stereocenters. The minimum absolute atomic E-state index is 0.267. The zero-order valence-electron chi connectivity index (χ0n) is 45.6. The van der Waals surface area contributed by atoms with Gasteiger partial charge in [0.25, 0.3) is 0 Å². The van der Waals surface area contributed by atoms with Crippen molar-refractivity contribution < 1.29 is 0 Å². The molecule has 0 bridgehead atoms. The van der Waals surface area contributed by atoms with E-state index in [1.165, 1.54) is 148 Å². The Balaban J connectivity index is 0.000000100. The molecule has 3 aromatic heterocycles. The van der Waals surface area contributed by atoms with Crippen molar-refractivity contribution >= 4 is 135 Å². The van der Waals surface area contributed by atoms with Gasteiger partial charge in [0.15, 0.2) is 0 Å². The molecule has 18 rings (SSSR count). The van der Waals surface area contributed by atoms with E-state index < -0.39 is 0 Å². The minimum atomic E-state index is 0.267. The SMILES string of the molecule is Cc1ccc2c(c1)c1cccc3c1n2-c1ccccc1B3c1ccccc1.Cc1ccc2c3cccc4c3n(c2c1)-c1ccccc1B4c1ccccc1.Cc1cccc2c3cccc4c3n(c12)-c1ccccc1B4c1ccccc1. The molecule has 6 heteroatoms. The van der Waals surface area contributed by atoms with E-state index in [0.29, 0.717) is 0 Å². The lowest BCUT2D eigenvalue weighted by atomic mass is 9.35. The molecule has 0 fully saturated rings. The van der Waals surface area contributed by atoms with Crippen LogP contribution in [0.25, 0.3) is 82.5 Å². The molecule has 3 nitrogen and oxygen atoms in total. The fraction of sp³-hybridized carbons (Fsp3) is 0.0400. The number of fused-ring (bicyclic) bond motifs is 15. The van der Waals surface area contributed by atoms with Crippen molar-refractivity contribution in [1.82, 2.24) is 13.7 Å². The molecule has 12 aromatic carbocycles. The Bertz CT molecular complexity index is 4930. The van der Waals surface area contributed by atoms with Gasteiger partial charge in [-0.05, 0) is 101 Å². The monoisotopic (exact) mass is 1030 g/mol. The van der Waals surface area contributed by atoms with Crippen LogP contribution in [0.3, 0.4) is 0 Å². The number of rotatable bonds is 3. The molecule has 0 unspecified atom stereocenters.